The van der Waals surface area contributed by atoms with Gasteiger partial charge in [-0.25, -0.2) is 4.98 Å². The molecule has 1 aliphatic carbocycles. The molecule has 0 spiro atoms. The number of nitrogens with zero attached hydrogens (tertiary/aromatic N) is 1. The lowest BCUT2D eigenvalue weighted by Crippen LogP contribution is -2.26. The van der Waals surface area contributed by atoms with Gasteiger partial charge in [0.15, 0.2) is 0 Å². The molecule has 0 radical (unpaired) electrons. The second kappa shape index (κ2) is 7.36. The zero-order chi connectivity index (χ0) is 13.7. The number of nitrogens with one attached hydrogen (secondary N) is 1. The molecule has 4 heteroatoms. The van der Waals surface area contributed by atoms with Gasteiger partial charge in [0.2, 0.25) is 0 Å². The van der Waals surface area contributed by atoms with Crippen LogP contribution < -0.4 is 5.32 Å². The van der Waals surface area contributed by atoms with Crippen LogP contribution in [0.1, 0.15) is 60.6 Å². The zero-order valence-corrected chi connectivity index (χ0v) is 13.2. The Bertz CT molecular complexity index is 385. The summed E-state index contributed by atoms with van der Waals surface area (Å²) in [5.41, 5.74) is 1.16. The van der Waals surface area contributed by atoms with Crippen LogP contribution in [0.4, 0.5) is 0 Å². The third-order valence-electron chi connectivity index (χ3n) is 3.79. The first-order valence-electron chi connectivity index (χ1n) is 7.45. The van der Waals surface area contributed by atoms with Crippen molar-refractivity contribution >= 4 is 11.3 Å². The van der Waals surface area contributed by atoms with Crippen LogP contribution in [-0.4, -0.2) is 24.2 Å². The van der Waals surface area contributed by atoms with Gasteiger partial charge in [0.25, 0.3) is 0 Å². The molecule has 19 heavy (non-hydrogen) atoms. The fourth-order valence-electron chi connectivity index (χ4n) is 2.77. The van der Waals surface area contributed by atoms with Gasteiger partial charge in [-0.3, -0.25) is 0 Å². The predicted molar refractivity (Wildman–Crippen MR) is 80.8 cm³/mol. The molecule has 108 valence electrons. The average molecular weight is 282 g/mol. The Morgan fingerprint density at radius 3 is 2.68 bits per heavy atom. The Labute approximate surface area is 120 Å². The van der Waals surface area contributed by atoms with E-state index in [4.69, 9.17) is 4.74 Å². The number of rotatable bonds is 6. The number of thiazole rings is 1. The summed E-state index contributed by atoms with van der Waals surface area (Å²) >= 11 is 1.79. The number of ether oxygens (including phenoxy) is 1. The van der Waals surface area contributed by atoms with E-state index in [1.165, 1.54) is 37.0 Å². The van der Waals surface area contributed by atoms with Crippen molar-refractivity contribution in [3.63, 3.8) is 0 Å². The van der Waals surface area contributed by atoms with Crippen LogP contribution in [0.3, 0.4) is 0 Å². The molecule has 0 aliphatic heterocycles. The molecule has 0 aromatic carbocycles. The van der Waals surface area contributed by atoms with Gasteiger partial charge < -0.3 is 10.1 Å². The first kappa shape index (κ1) is 14.9. The monoisotopic (exact) mass is 282 g/mol. The number of hydrogen-bond donors (Lipinski definition) is 1. The fraction of sp³-hybridized carbons (Fsp3) is 0.800. The lowest BCUT2D eigenvalue weighted by atomic mass is 9.98. The Hall–Kier alpha value is -0.450. The first-order valence-corrected chi connectivity index (χ1v) is 8.27. The lowest BCUT2D eigenvalue weighted by Gasteiger charge is -2.22. The second-order valence-electron chi connectivity index (χ2n) is 5.49. The van der Waals surface area contributed by atoms with E-state index < -0.39 is 0 Å². The molecule has 3 nitrogen and oxygen atoms in total. The average Bonchev–Trinajstić information content (AvgIpc) is 2.75. The summed E-state index contributed by atoms with van der Waals surface area (Å²) in [4.78, 5) is 5.84. The van der Waals surface area contributed by atoms with Crippen LogP contribution >= 0.6 is 11.3 Å². The van der Waals surface area contributed by atoms with E-state index in [-0.39, 0.29) is 0 Å². The van der Waals surface area contributed by atoms with Gasteiger partial charge in [-0.15, -0.1) is 11.3 Å². The number of aryl methyl sites for hydroxylation is 2. The maximum atomic E-state index is 5.93. The van der Waals surface area contributed by atoms with E-state index in [0.29, 0.717) is 12.1 Å². The maximum Gasteiger partial charge on any atom is 0.0900 e. The summed E-state index contributed by atoms with van der Waals surface area (Å²) < 4.78 is 5.93. The normalized spacial score (nSPS) is 18.7. The Morgan fingerprint density at radius 2 is 2.05 bits per heavy atom. The molecular formula is C15H26N2OS. The lowest BCUT2D eigenvalue weighted by molar-refractivity contribution is 0.0295. The van der Waals surface area contributed by atoms with Crippen LogP contribution in [-0.2, 0) is 4.74 Å². The summed E-state index contributed by atoms with van der Waals surface area (Å²) in [6.07, 6.45) is 7.09. The Balaban J connectivity index is 1.66. The number of hydrogen-bond acceptors (Lipinski definition) is 4. The van der Waals surface area contributed by atoms with Crippen molar-refractivity contribution in [2.24, 2.45) is 0 Å². The van der Waals surface area contributed by atoms with Gasteiger partial charge >= 0.3 is 0 Å². The molecule has 1 saturated carbocycles. The SMILES string of the molecule is Cc1nc(C)c(C(C)NCCOC2CCCCC2)s1. The Morgan fingerprint density at radius 1 is 1.32 bits per heavy atom. The standard InChI is InChI=1S/C15H26N2OS/c1-11(15-12(2)17-13(3)19-15)16-9-10-18-14-7-5-4-6-8-14/h11,14,16H,4-10H2,1-3H3. The highest BCUT2D eigenvalue weighted by Crippen LogP contribution is 2.24. The van der Waals surface area contributed by atoms with Crippen LogP contribution in [0.5, 0.6) is 0 Å². The van der Waals surface area contributed by atoms with E-state index in [1.807, 2.05) is 0 Å². The number of aromatic nitrogens is 1. The molecule has 1 aromatic heterocycles. The Kier molecular flexibility index (Phi) is 5.79. The molecule has 2 rings (SSSR count). The molecule has 1 N–H and O–H groups in total. The van der Waals surface area contributed by atoms with Crippen LogP contribution in [0.25, 0.3) is 0 Å². The molecule has 1 atom stereocenters. The van der Waals surface area contributed by atoms with Crippen molar-refractivity contribution in [3.05, 3.63) is 15.6 Å². The third kappa shape index (κ3) is 4.55. The first-order chi connectivity index (χ1) is 9.16. The van der Waals surface area contributed by atoms with E-state index in [1.54, 1.807) is 11.3 Å². The molecular weight excluding hydrogens is 256 g/mol. The van der Waals surface area contributed by atoms with E-state index >= 15 is 0 Å². The van der Waals surface area contributed by atoms with Gasteiger partial charge in [0.1, 0.15) is 0 Å². The quantitative estimate of drug-likeness (QED) is 0.807. The van der Waals surface area contributed by atoms with Crippen molar-refractivity contribution in [1.29, 1.82) is 0 Å². The largest absolute Gasteiger partial charge is 0.377 e. The van der Waals surface area contributed by atoms with Gasteiger partial charge in [0, 0.05) is 17.5 Å². The van der Waals surface area contributed by atoms with E-state index in [0.717, 1.165) is 23.9 Å². The predicted octanol–water partition coefficient (Wildman–Crippen LogP) is 3.76. The maximum absolute atomic E-state index is 5.93. The summed E-state index contributed by atoms with van der Waals surface area (Å²) in [5, 5.41) is 4.69. The molecule has 1 heterocycles. The molecule has 1 fully saturated rings. The summed E-state index contributed by atoms with van der Waals surface area (Å²) in [6, 6.07) is 0.376. The smallest absolute Gasteiger partial charge is 0.0900 e. The van der Waals surface area contributed by atoms with Crippen molar-refractivity contribution in [3.8, 4) is 0 Å². The highest BCUT2D eigenvalue weighted by molar-refractivity contribution is 7.11. The zero-order valence-electron chi connectivity index (χ0n) is 12.4. The van der Waals surface area contributed by atoms with Gasteiger partial charge in [0.05, 0.1) is 23.4 Å². The fourth-order valence-corrected chi connectivity index (χ4v) is 3.73. The summed E-state index contributed by atoms with van der Waals surface area (Å²) in [6.45, 7) is 8.12. The van der Waals surface area contributed by atoms with Crippen molar-refractivity contribution < 1.29 is 4.74 Å². The van der Waals surface area contributed by atoms with Crippen LogP contribution in [0.15, 0.2) is 0 Å². The highest BCUT2D eigenvalue weighted by atomic mass is 32.1. The molecule has 1 aromatic rings. The minimum Gasteiger partial charge on any atom is -0.377 e. The van der Waals surface area contributed by atoms with Crippen molar-refractivity contribution in [2.75, 3.05) is 13.2 Å². The molecule has 0 saturated heterocycles. The van der Waals surface area contributed by atoms with Gasteiger partial charge in [-0.2, -0.15) is 0 Å². The van der Waals surface area contributed by atoms with Crippen molar-refractivity contribution in [2.45, 2.75) is 65.0 Å². The summed E-state index contributed by atoms with van der Waals surface area (Å²) in [7, 11) is 0. The molecule has 1 unspecified atom stereocenters. The second-order valence-corrected chi connectivity index (χ2v) is 6.72. The minimum atomic E-state index is 0.376. The molecule has 0 bridgehead atoms. The molecule has 0 amide bonds. The topological polar surface area (TPSA) is 34.2 Å². The van der Waals surface area contributed by atoms with Crippen LogP contribution in [0.2, 0.25) is 0 Å². The van der Waals surface area contributed by atoms with Crippen LogP contribution in [0, 0.1) is 13.8 Å². The minimum absolute atomic E-state index is 0.376. The van der Waals surface area contributed by atoms with E-state index in [2.05, 4.69) is 31.1 Å². The van der Waals surface area contributed by atoms with Crippen molar-refractivity contribution in [1.82, 2.24) is 10.3 Å². The van der Waals surface area contributed by atoms with Gasteiger partial charge in [-0.1, -0.05) is 19.3 Å². The van der Waals surface area contributed by atoms with E-state index in [9.17, 15) is 0 Å². The summed E-state index contributed by atoms with van der Waals surface area (Å²) in [5.74, 6) is 0. The molecule has 1 aliphatic rings. The highest BCUT2D eigenvalue weighted by Gasteiger charge is 2.14. The third-order valence-corrected chi connectivity index (χ3v) is 5.05. The van der Waals surface area contributed by atoms with Gasteiger partial charge in [-0.05, 0) is 33.6 Å².